The molecule has 0 amide bonds. The third-order valence-electron chi connectivity index (χ3n) is 2.70. The van der Waals surface area contributed by atoms with Gasteiger partial charge < -0.3 is 0 Å². The van der Waals surface area contributed by atoms with Crippen molar-refractivity contribution in [2.24, 2.45) is 0 Å². The Hall–Kier alpha value is 0.0600. The first-order valence-corrected chi connectivity index (χ1v) is 7.86. The first-order chi connectivity index (χ1) is 6.85. The van der Waals surface area contributed by atoms with Gasteiger partial charge in [0.2, 0.25) is 0 Å². The van der Waals surface area contributed by atoms with Gasteiger partial charge in [-0.3, -0.25) is 0 Å². The molecule has 0 radical (unpaired) electrons. The Labute approximate surface area is 105 Å². The van der Waals surface area contributed by atoms with Gasteiger partial charge in [0, 0.05) is 6.26 Å². The number of sulfone groups is 1. The second-order valence-electron chi connectivity index (χ2n) is 3.77. The molecule has 1 aromatic rings. The van der Waals surface area contributed by atoms with E-state index in [0.29, 0.717) is 22.0 Å². The zero-order valence-corrected chi connectivity index (χ0v) is 12.0. The van der Waals surface area contributed by atoms with Crippen LogP contribution in [0, 0.1) is 0 Å². The third kappa shape index (κ3) is 1.99. The molecule has 1 aliphatic carbocycles. The van der Waals surface area contributed by atoms with Gasteiger partial charge in [-0.05, 0) is 62.4 Å². The summed E-state index contributed by atoms with van der Waals surface area (Å²) in [7, 11) is -3.05. The van der Waals surface area contributed by atoms with E-state index < -0.39 is 14.6 Å². The standard InChI is InChI=1S/C9H9Br2NO2S/c1-15(13,14)9(2-3-9)6-4-7(10)12-8(11)5-6/h4-5H,2-3H2,1H3. The van der Waals surface area contributed by atoms with Gasteiger partial charge in [0.1, 0.15) is 9.21 Å². The fourth-order valence-corrected chi connectivity index (χ4v) is 4.22. The summed E-state index contributed by atoms with van der Waals surface area (Å²) < 4.78 is 24.0. The van der Waals surface area contributed by atoms with Crippen LogP contribution < -0.4 is 0 Å². The maximum Gasteiger partial charge on any atom is 0.157 e. The lowest BCUT2D eigenvalue weighted by atomic mass is 10.2. The molecule has 6 heteroatoms. The summed E-state index contributed by atoms with van der Waals surface area (Å²) in [5.41, 5.74) is 0.818. The number of aromatic nitrogens is 1. The molecule has 0 aromatic carbocycles. The van der Waals surface area contributed by atoms with Crippen molar-refractivity contribution in [3.63, 3.8) is 0 Å². The van der Waals surface area contributed by atoms with Gasteiger partial charge in [-0.15, -0.1) is 0 Å². The number of pyridine rings is 1. The molecule has 1 aromatic heterocycles. The van der Waals surface area contributed by atoms with E-state index in [2.05, 4.69) is 36.8 Å². The minimum absolute atomic E-state index is 0.654. The average molecular weight is 355 g/mol. The molecule has 0 atom stereocenters. The van der Waals surface area contributed by atoms with E-state index in [1.807, 2.05) is 0 Å². The van der Waals surface area contributed by atoms with Crippen molar-refractivity contribution in [1.29, 1.82) is 0 Å². The van der Waals surface area contributed by atoms with E-state index in [1.54, 1.807) is 12.1 Å². The van der Waals surface area contributed by atoms with Crippen LogP contribution in [0.15, 0.2) is 21.3 Å². The zero-order chi connectivity index (χ0) is 11.3. The Bertz CT molecular complexity index is 489. The van der Waals surface area contributed by atoms with Crippen molar-refractivity contribution >= 4 is 41.7 Å². The predicted molar refractivity (Wildman–Crippen MR) is 65.4 cm³/mol. The minimum atomic E-state index is -3.05. The molecule has 3 nitrogen and oxygen atoms in total. The highest BCUT2D eigenvalue weighted by molar-refractivity contribution is 9.11. The average Bonchev–Trinajstić information content (AvgIpc) is 2.79. The summed E-state index contributed by atoms with van der Waals surface area (Å²) in [4.78, 5) is 4.10. The van der Waals surface area contributed by atoms with Crippen LogP contribution in [0.4, 0.5) is 0 Å². The van der Waals surface area contributed by atoms with E-state index in [0.717, 1.165) is 5.56 Å². The number of rotatable bonds is 2. The van der Waals surface area contributed by atoms with Gasteiger partial charge in [0.25, 0.3) is 0 Å². The Morgan fingerprint density at radius 3 is 2.07 bits per heavy atom. The smallest absolute Gasteiger partial charge is 0.157 e. The van der Waals surface area contributed by atoms with Gasteiger partial charge in [-0.1, -0.05) is 0 Å². The summed E-state index contributed by atoms with van der Waals surface area (Å²) in [5, 5.41) is 0. The Kier molecular flexibility index (Phi) is 2.72. The maximum absolute atomic E-state index is 11.7. The number of hydrogen-bond acceptors (Lipinski definition) is 3. The van der Waals surface area contributed by atoms with Crippen LogP contribution in [0.5, 0.6) is 0 Å². The molecule has 0 bridgehead atoms. The molecule has 0 spiro atoms. The summed E-state index contributed by atoms with van der Waals surface area (Å²) >= 11 is 6.53. The molecular formula is C9H9Br2NO2S. The lowest BCUT2D eigenvalue weighted by molar-refractivity contribution is 0.586. The van der Waals surface area contributed by atoms with Gasteiger partial charge in [0.05, 0.1) is 4.75 Å². The monoisotopic (exact) mass is 353 g/mol. The quantitative estimate of drug-likeness (QED) is 0.767. The van der Waals surface area contributed by atoms with Crippen LogP contribution in [-0.2, 0) is 14.6 Å². The van der Waals surface area contributed by atoms with Crippen LogP contribution >= 0.6 is 31.9 Å². The van der Waals surface area contributed by atoms with Crippen molar-refractivity contribution in [2.45, 2.75) is 17.6 Å². The number of hydrogen-bond donors (Lipinski definition) is 0. The SMILES string of the molecule is CS(=O)(=O)C1(c2cc(Br)nc(Br)c2)CC1. The van der Waals surface area contributed by atoms with E-state index >= 15 is 0 Å². The lowest BCUT2D eigenvalue weighted by Gasteiger charge is -2.13. The molecule has 0 unspecified atom stereocenters. The van der Waals surface area contributed by atoms with E-state index in [9.17, 15) is 8.42 Å². The van der Waals surface area contributed by atoms with Crippen molar-refractivity contribution in [2.75, 3.05) is 6.26 Å². The van der Waals surface area contributed by atoms with Gasteiger partial charge in [-0.25, -0.2) is 13.4 Å². The van der Waals surface area contributed by atoms with Crippen LogP contribution in [0.25, 0.3) is 0 Å². The van der Waals surface area contributed by atoms with E-state index in [4.69, 9.17) is 0 Å². The van der Waals surface area contributed by atoms with Crippen LogP contribution in [0.1, 0.15) is 18.4 Å². The molecule has 0 N–H and O–H groups in total. The highest BCUT2D eigenvalue weighted by Crippen LogP contribution is 2.52. The molecule has 1 heterocycles. The molecule has 1 aliphatic rings. The highest BCUT2D eigenvalue weighted by Gasteiger charge is 2.53. The van der Waals surface area contributed by atoms with Gasteiger partial charge >= 0.3 is 0 Å². The second-order valence-corrected chi connectivity index (χ2v) is 7.72. The van der Waals surface area contributed by atoms with Crippen LogP contribution in [-0.4, -0.2) is 19.7 Å². The van der Waals surface area contributed by atoms with Crippen molar-refractivity contribution < 1.29 is 8.42 Å². The molecule has 82 valence electrons. The van der Waals surface area contributed by atoms with Gasteiger partial charge in [0.15, 0.2) is 9.84 Å². The highest BCUT2D eigenvalue weighted by atomic mass is 79.9. The summed E-state index contributed by atoms with van der Waals surface area (Å²) in [6.07, 6.45) is 2.70. The van der Waals surface area contributed by atoms with E-state index in [-0.39, 0.29) is 0 Å². The fourth-order valence-electron chi connectivity index (χ4n) is 1.72. The maximum atomic E-state index is 11.7. The van der Waals surface area contributed by atoms with Crippen molar-refractivity contribution in [3.05, 3.63) is 26.9 Å². The van der Waals surface area contributed by atoms with Gasteiger partial charge in [-0.2, -0.15) is 0 Å². The molecule has 1 fully saturated rings. The first-order valence-electron chi connectivity index (χ1n) is 4.38. The minimum Gasteiger partial charge on any atom is -0.234 e. The Morgan fingerprint density at radius 2 is 1.73 bits per heavy atom. The normalized spacial score (nSPS) is 18.9. The summed E-state index contributed by atoms with van der Waals surface area (Å²) in [5.74, 6) is 0. The van der Waals surface area contributed by atoms with Crippen LogP contribution in [0.3, 0.4) is 0 Å². The summed E-state index contributed by atoms with van der Waals surface area (Å²) in [6, 6.07) is 3.55. The molecular weight excluding hydrogens is 346 g/mol. The third-order valence-corrected chi connectivity index (χ3v) is 5.58. The topological polar surface area (TPSA) is 47.0 Å². The number of halogens is 2. The number of nitrogens with zero attached hydrogens (tertiary/aromatic N) is 1. The molecule has 15 heavy (non-hydrogen) atoms. The molecule has 2 rings (SSSR count). The lowest BCUT2D eigenvalue weighted by Crippen LogP contribution is -2.19. The first kappa shape index (κ1) is 11.5. The molecule has 0 saturated heterocycles. The molecule has 0 aliphatic heterocycles. The second kappa shape index (κ2) is 3.53. The van der Waals surface area contributed by atoms with Crippen molar-refractivity contribution in [1.82, 2.24) is 4.98 Å². The van der Waals surface area contributed by atoms with Crippen LogP contribution in [0.2, 0.25) is 0 Å². The summed E-state index contributed by atoms with van der Waals surface area (Å²) in [6.45, 7) is 0. The molecule has 1 saturated carbocycles. The predicted octanol–water partition coefficient (Wildman–Crippen LogP) is 2.64. The largest absolute Gasteiger partial charge is 0.234 e. The Balaban J connectivity index is 2.56. The zero-order valence-electron chi connectivity index (χ0n) is 8.00. The van der Waals surface area contributed by atoms with Crippen molar-refractivity contribution in [3.8, 4) is 0 Å². The fraction of sp³-hybridized carbons (Fsp3) is 0.444. The Morgan fingerprint density at radius 1 is 1.27 bits per heavy atom. The van der Waals surface area contributed by atoms with E-state index in [1.165, 1.54) is 6.26 Å².